The van der Waals surface area contributed by atoms with Gasteiger partial charge in [0.05, 0.1) is 0 Å². The summed E-state index contributed by atoms with van der Waals surface area (Å²) in [5, 5.41) is 0. The summed E-state index contributed by atoms with van der Waals surface area (Å²) in [5.74, 6) is -0.250. The van der Waals surface area contributed by atoms with Crippen LogP contribution in [0.15, 0.2) is 53.5 Å². The van der Waals surface area contributed by atoms with E-state index in [1.54, 1.807) is 25.1 Å². The number of hydrogen-bond acceptors (Lipinski definition) is 3. The molecule has 6 heteroatoms. The lowest BCUT2D eigenvalue weighted by Crippen LogP contribution is -2.16. The molecule has 0 fully saturated rings. The molecule has 0 spiro atoms. The lowest BCUT2D eigenvalue weighted by atomic mass is 10.0. The summed E-state index contributed by atoms with van der Waals surface area (Å²) < 4.78 is 34.7. The number of hydrogen-bond donors (Lipinski definition) is 1. The van der Waals surface area contributed by atoms with E-state index in [0.29, 0.717) is 28.3 Å². The quantitative estimate of drug-likeness (QED) is 0.732. The minimum Gasteiger partial charge on any atom is -0.456 e. The highest BCUT2D eigenvalue weighted by molar-refractivity contribution is 5.74. The van der Waals surface area contributed by atoms with Crippen molar-refractivity contribution in [2.75, 3.05) is 5.73 Å². The zero-order chi connectivity index (χ0) is 18.1. The molecule has 4 nitrogen and oxygen atoms in total. The van der Waals surface area contributed by atoms with Crippen LogP contribution in [0.25, 0.3) is 11.1 Å². The maximum atomic E-state index is 14.3. The normalized spacial score (nSPS) is 10.7. The predicted octanol–water partition coefficient (Wildman–Crippen LogP) is 4.01. The zero-order valence-electron chi connectivity index (χ0n) is 13.7. The van der Waals surface area contributed by atoms with Gasteiger partial charge in [0.25, 0.3) is 5.56 Å². The van der Waals surface area contributed by atoms with E-state index in [2.05, 4.69) is 0 Å². The van der Waals surface area contributed by atoms with Gasteiger partial charge in [-0.15, -0.1) is 0 Å². The number of benzene rings is 2. The van der Waals surface area contributed by atoms with Gasteiger partial charge in [-0.1, -0.05) is 0 Å². The van der Waals surface area contributed by atoms with Crippen molar-refractivity contribution in [3.05, 3.63) is 76.2 Å². The van der Waals surface area contributed by atoms with Crippen LogP contribution in [0.3, 0.4) is 0 Å². The van der Waals surface area contributed by atoms with E-state index in [9.17, 15) is 13.6 Å². The van der Waals surface area contributed by atoms with Crippen LogP contribution in [0.5, 0.6) is 11.5 Å². The van der Waals surface area contributed by atoms with Crippen molar-refractivity contribution < 1.29 is 13.5 Å². The molecule has 1 heterocycles. The molecule has 0 atom stereocenters. The van der Waals surface area contributed by atoms with E-state index in [4.69, 9.17) is 10.5 Å². The van der Waals surface area contributed by atoms with Gasteiger partial charge in [0.15, 0.2) is 0 Å². The Morgan fingerprint density at radius 2 is 1.72 bits per heavy atom. The average Bonchev–Trinajstić information content (AvgIpc) is 2.55. The average molecular weight is 342 g/mol. The van der Waals surface area contributed by atoms with Gasteiger partial charge >= 0.3 is 0 Å². The minimum atomic E-state index is -0.672. The minimum absolute atomic E-state index is 0.184. The van der Waals surface area contributed by atoms with Crippen LogP contribution in [0.4, 0.5) is 14.5 Å². The standard InChI is InChI=1S/C19H16F2N2O2/c1-11-7-12(20)3-5-17(11)25-18-6-4-13(22)8-14(18)15-10-23(2)19(24)9-16(15)21/h3-10H,22H2,1-2H3. The number of pyridine rings is 1. The second-order valence-electron chi connectivity index (χ2n) is 5.75. The van der Waals surface area contributed by atoms with Crippen LogP contribution in [0, 0.1) is 18.6 Å². The maximum absolute atomic E-state index is 14.3. The van der Waals surface area contributed by atoms with Gasteiger partial charge < -0.3 is 15.0 Å². The SMILES string of the molecule is Cc1cc(F)ccc1Oc1ccc(N)cc1-c1cn(C)c(=O)cc1F. The molecule has 128 valence electrons. The van der Waals surface area contributed by atoms with Gasteiger partial charge in [-0.2, -0.15) is 0 Å². The Labute approximate surface area is 143 Å². The smallest absolute Gasteiger partial charge is 0.253 e. The molecule has 1 aromatic heterocycles. The van der Waals surface area contributed by atoms with E-state index in [0.717, 1.165) is 6.07 Å². The highest BCUT2D eigenvalue weighted by Crippen LogP contribution is 2.36. The van der Waals surface area contributed by atoms with Crippen molar-refractivity contribution in [2.24, 2.45) is 7.05 Å². The zero-order valence-corrected chi connectivity index (χ0v) is 13.7. The van der Waals surface area contributed by atoms with Gasteiger partial charge in [0, 0.05) is 36.1 Å². The van der Waals surface area contributed by atoms with Gasteiger partial charge in [0.2, 0.25) is 0 Å². The van der Waals surface area contributed by atoms with Crippen molar-refractivity contribution in [1.82, 2.24) is 4.57 Å². The van der Waals surface area contributed by atoms with Crippen LogP contribution in [0.2, 0.25) is 0 Å². The molecule has 3 aromatic rings. The fraction of sp³-hybridized carbons (Fsp3) is 0.105. The summed E-state index contributed by atoms with van der Waals surface area (Å²) in [4.78, 5) is 11.6. The summed E-state index contributed by atoms with van der Waals surface area (Å²) in [5.41, 5.74) is 6.98. The van der Waals surface area contributed by atoms with E-state index in [1.165, 1.54) is 36.0 Å². The molecule has 2 N–H and O–H groups in total. The fourth-order valence-corrected chi connectivity index (χ4v) is 2.50. The van der Waals surface area contributed by atoms with Crippen molar-refractivity contribution in [2.45, 2.75) is 6.92 Å². The van der Waals surface area contributed by atoms with E-state index in [-0.39, 0.29) is 11.4 Å². The number of rotatable bonds is 3. The lowest BCUT2D eigenvalue weighted by Gasteiger charge is -2.15. The Bertz CT molecular complexity index is 1010. The van der Waals surface area contributed by atoms with Crippen molar-refractivity contribution in [3.63, 3.8) is 0 Å². The number of nitrogens with zero attached hydrogens (tertiary/aromatic N) is 1. The molecule has 0 aliphatic rings. The third kappa shape index (κ3) is 3.38. The second kappa shape index (κ2) is 6.39. The molecular weight excluding hydrogens is 326 g/mol. The summed E-state index contributed by atoms with van der Waals surface area (Å²) in [7, 11) is 1.53. The highest BCUT2D eigenvalue weighted by Gasteiger charge is 2.15. The molecule has 2 aromatic carbocycles. The number of aromatic nitrogens is 1. The first-order valence-corrected chi connectivity index (χ1v) is 7.55. The summed E-state index contributed by atoms with van der Waals surface area (Å²) in [6.45, 7) is 1.71. The fourth-order valence-electron chi connectivity index (χ4n) is 2.50. The van der Waals surface area contributed by atoms with E-state index < -0.39 is 11.4 Å². The first kappa shape index (κ1) is 16.7. The highest BCUT2D eigenvalue weighted by atomic mass is 19.1. The molecule has 0 saturated carbocycles. The number of anilines is 1. The Morgan fingerprint density at radius 1 is 1.00 bits per heavy atom. The van der Waals surface area contributed by atoms with Crippen LogP contribution >= 0.6 is 0 Å². The first-order chi connectivity index (χ1) is 11.8. The summed E-state index contributed by atoms with van der Waals surface area (Å²) >= 11 is 0. The van der Waals surface area contributed by atoms with Crippen molar-refractivity contribution >= 4 is 5.69 Å². The maximum Gasteiger partial charge on any atom is 0.253 e. The number of nitrogen functional groups attached to an aromatic ring is 1. The Balaban J connectivity index is 2.13. The van der Waals surface area contributed by atoms with Gasteiger partial charge in [-0.3, -0.25) is 4.79 Å². The van der Waals surface area contributed by atoms with Gasteiger partial charge in [0.1, 0.15) is 23.1 Å². The first-order valence-electron chi connectivity index (χ1n) is 7.55. The van der Waals surface area contributed by atoms with Crippen molar-refractivity contribution in [3.8, 4) is 22.6 Å². The molecule has 0 radical (unpaired) electrons. The van der Waals surface area contributed by atoms with Crippen LogP contribution < -0.4 is 16.0 Å². The number of nitrogens with two attached hydrogens (primary N) is 1. The van der Waals surface area contributed by atoms with Crippen LogP contribution in [0.1, 0.15) is 5.56 Å². The summed E-state index contributed by atoms with van der Waals surface area (Å²) in [6.07, 6.45) is 1.39. The predicted molar refractivity (Wildman–Crippen MR) is 92.7 cm³/mol. The second-order valence-corrected chi connectivity index (χ2v) is 5.75. The number of halogens is 2. The lowest BCUT2D eigenvalue weighted by molar-refractivity contribution is 0.477. The number of ether oxygens (including phenoxy) is 1. The molecule has 0 aliphatic carbocycles. The van der Waals surface area contributed by atoms with Crippen LogP contribution in [-0.2, 0) is 7.05 Å². The largest absolute Gasteiger partial charge is 0.456 e. The molecule has 0 unspecified atom stereocenters. The van der Waals surface area contributed by atoms with Gasteiger partial charge in [-0.05, 0) is 48.9 Å². The van der Waals surface area contributed by atoms with Crippen LogP contribution in [-0.4, -0.2) is 4.57 Å². The third-order valence-corrected chi connectivity index (χ3v) is 3.83. The molecule has 0 saturated heterocycles. The molecule has 0 aliphatic heterocycles. The molecule has 0 amide bonds. The molecule has 25 heavy (non-hydrogen) atoms. The van der Waals surface area contributed by atoms with Crippen molar-refractivity contribution in [1.29, 1.82) is 0 Å². The molecular formula is C19H16F2N2O2. The summed E-state index contributed by atoms with van der Waals surface area (Å²) in [6, 6.07) is 9.84. The van der Waals surface area contributed by atoms with E-state index >= 15 is 0 Å². The topological polar surface area (TPSA) is 57.2 Å². The van der Waals surface area contributed by atoms with E-state index in [1.807, 2.05) is 0 Å². The Morgan fingerprint density at radius 3 is 2.44 bits per heavy atom. The Hall–Kier alpha value is -3.15. The Kier molecular flexibility index (Phi) is 4.27. The number of aryl methyl sites for hydroxylation is 2. The molecule has 0 bridgehead atoms. The van der Waals surface area contributed by atoms with Gasteiger partial charge in [-0.25, -0.2) is 8.78 Å². The third-order valence-electron chi connectivity index (χ3n) is 3.83. The monoisotopic (exact) mass is 342 g/mol. The molecule has 3 rings (SSSR count).